The van der Waals surface area contributed by atoms with Crippen molar-refractivity contribution in [2.24, 2.45) is 11.0 Å². The maximum atomic E-state index is 14.9. The normalized spacial score (nSPS) is 20.1. The molecule has 2 unspecified atom stereocenters. The largest absolute Gasteiger partial charge is 0.385 e. The lowest BCUT2D eigenvalue weighted by Crippen LogP contribution is -2.58. The summed E-state index contributed by atoms with van der Waals surface area (Å²) in [6.07, 6.45) is 3.22. The minimum absolute atomic E-state index is 0.0783. The number of anilines is 1. The van der Waals surface area contributed by atoms with Gasteiger partial charge >= 0.3 is 0 Å². The van der Waals surface area contributed by atoms with Gasteiger partial charge in [0.2, 0.25) is 5.91 Å². The van der Waals surface area contributed by atoms with Crippen LogP contribution in [0.2, 0.25) is 0 Å². The number of hydrogen-bond donors (Lipinski definition) is 1. The molecule has 0 saturated carbocycles. The molecule has 7 heteroatoms. The quantitative estimate of drug-likeness (QED) is 0.498. The summed E-state index contributed by atoms with van der Waals surface area (Å²) in [5.74, 6) is -1.94. The molecular weight excluding hydrogens is 424 g/mol. The van der Waals surface area contributed by atoms with Crippen LogP contribution in [0.3, 0.4) is 0 Å². The Balaban J connectivity index is 2.09. The second-order valence-electron chi connectivity index (χ2n) is 8.70. The first-order valence-corrected chi connectivity index (χ1v) is 11.5. The van der Waals surface area contributed by atoms with Gasteiger partial charge in [0, 0.05) is 32.2 Å². The van der Waals surface area contributed by atoms with Crippen molar-refractivity contribution in [3.05, 3.63) is 65.2 Å². The third-order valence-corrected chi connectivity index (χ3v) is 6.26. The molecule has 2 aromatic carbocycles. The summed E-state index contributed by atoms with van der Waals surface area (Å²) in [6, 6.07) is 11.3. The van der Waals surface area contributed by atoms with Gasteiger partial charge in [-0.15, -0.1) is 0 Å². The second kappa shape index (κ2) is 10.9. The molecule has 1 N–H and O–H groups in total. The lowest BCUT2D eigenvalue weighted by molar-refractivity contribution is -0.126. The van der Waals surface area contributed by atoms with E-state index < -0.39 is 17.2 Å². The lowest BCUT2D eigenvalue weighted by atomic mass is 9.76. The van der Waals surface area contributed by atoms with Gasteiger partial charge in [0.05, 0.1) is 11.4 Å². The van der Waals surface area contributed by atoms with E-state index in [0.717, 1.165) is 35.7 Å². The van der Waals surface area contributed by atoms with Crippen LogP contribution in [-0.4, -0.2) is 37.4 Å². The fraction of sp³-hybridized carbons (Fsp3) is 0.462. The molecule has 2 atom stereocenters. The maximum absolute atomic E-state index is 14.9. The number of methoxy groups -OCH3 is 1. The molecule has 2 aromatic rings. The Kier molecular flexibility index (Phi) is 8.19. The summed E-state index contributed by atoms with van der Waals surface area (Å²) in [7, 11) is 1.61. The summed E-state index contributed by atoms with van der Waals surface area (Å²) in [6.45, 7) is 6.86. The second-order valence-corrected chi connectivity index (χ2v) is 8.70. The molecule has 0 saturated heterocycles. The van der Waals surface area contributed by atoms with Crippen LogP contribution in [0.5, 0.6) is 0 Å². The zero-order chi connectivity index (χ0) is 24.0. The van der Waals surface area contributed by atoms with E-state index in [2.05, 4.69) is 12.2 Å². The van der Waals surface area contributed by atoms with Gasteiger partial charge in [-0.25, -0.2) is 13.8 Å². The smallest absolute Gasteiger partial charge is 0.248 e. The number of nitrogens with zero attached hydrogens (tertiary/aromatic N) is 2. The number of carbonyl (C=O) groups is 1. The number of ether oxygens (including phenoxy) is 1. The van der Waals surface area contributed by atoms with E-state index in [9.17, 15) is 13.6 Å². The predicted molar refractivity (Wildman–Crippen MR) is 127 cm³/mol. The highest BCUT2D eigenvalue weighted by molar-refractivity contribution is 6.10. The van der Waals surface area contributed by atoms with Crippen LogP contribution in [-0.2, 0) is 9.53 Å². The van der Waals surface area contributed by atoms with Crippen LogP contribution in [0.1, 0.15) is 50.7 Å². The number of amides is 1. The Bertz CT molecular complexity index is 994. The molecule has 0 fully saturated rings. The number of aryl methyl sites for hydroxylation is 1. The number of nitrogens with one attached hydrogen (secondary N) is 1. The van der Waals surface area contributed by atoms with Gasteiger partial charge in [-0.05, 0) is 44.4 Å². The van der Waals surface area contributed by atoms with Crippen LogP contribution in [0.15, 0.2) is 47.6 Å². The maximum Gasteiger partial charge on any atom is 0.248 e. The highest BCUT2D eigenvalue weighted by atomic mass is 19.1. The lowest BCUT2D eigenvalue weighted by Gasteiger charge is -2.37. The van der Waals surface area contributed by atoms with Gasteiger partial charge in [-0.3, -0.25) is 4.79 Å². The topological polar surface area (TPSA) is 53.9 Å². The van der Waals surface area contributed by atoms with Crippen molar-refractivity contribution in [2.75, 3.05) is 25.3 Å². The molecule has 0 bridgehead atoms. The molecule has 5 nitrogen and oxygen atoms in total. The Morgan fingerprint density at radius 1 is 1.18 bits per heavy atom. The van der Waals surface area contributed by atoms with Gasteiger partial charge in [0.15, 0.2) is 5.82 Å². The standard InChI is InChI=1S/C26H33F2N3O2/c1-5-6-8-21-24(19-11-9-18(2)10-12-19)30-31(23-14-13-20(27)17-22(23)28)26(21,3)25(32)29-15-7-16-33-4/h9-14,17,21H,5-8,15-16H2,1-4H3,(H,29,32). The molecule has 33 heavy (non-hydrogen) atoms. The summed E-state index contributed by atoms with van der Waals surface area (Å²) >= 11 is 0. The molecule has 0 radical (unpaired) electrons. The van der Waals surface area contributed by atoms with Crippen molar-refractivity contribution in [1.82, 2.24) is 5.32 Å². The number of unbranched alkanes of at least 4 members (excludes halogenated alkanes) is 1. The molecule has 1 aliphatic heterocycles. The van der Waals surface area contributed by atoms with E-state index >= 15 is 0 Å². The third kappa shape index (κ3) is 5.24. The van der Waals surface area contributed by atoms with Crippen LogP contribution < -0.4 is 10.3 Å². The number of halogens is 2. The van der Waals surface area contributed by atoms with Crippen LogP contribution in [0.25, 0.3) is 0 Å². The summed E-state index contributed by atoms with van der Waals surface area (Å²) in [5.41, 5.74) is 1.64. The summed E-state index contributed by atoms with van der Waals surface area (Å²) in [5, 5.41) is 9.24. The first-order chi connectivity index (χ1) is 15.8. The van der Waals surface area contributed by atoms with Crippen molar-refractivity contribution in [1.29, 1.82) is 0 Å². The Morgan fingerprint density at radius 2 is 1.91 bits per heavy atom. The predicted octanol–water partition coefficient (Wildman–Crippen LogP) is 5.22. The number of benzene rings is 2. The van der Waals surface area contributed by atoms with Gasteiger partial charge in [-0.1, -0.05) is 49.6 Å². The van der Waals surface area contributed by atoms with E-state index in [1.807, 2.05) is 31.2 Å². The minimum Gasteiger partial charge on any atom is -0.385 e. The molecule has 0 aromatic heterocycles. The van der Waals surface area contributed by atoms with E-state index in [-0.39, 0.29) is 17.5 Å². The van der Waals surface area contributed by atoms with Gasteiger partial charge in [0.25, 0.3) is 0 Å². The fourth-order valence-corrected chi connectivity index (χ4v) is 4.31. The van der Waals surface area contributed by atoms with E-state index in [1.165, 1.54) is 17.1 Å². The van der Waals surface area contributed by atoms with Gasteiger partial charge < -0.3 is 10.1 Å². The highest BCUT2D eigenvalue weighted by Crippen LogP contribution is 2.42. The molecule has 3 rings (SSSR count). The number of carbonyl (C=O) groups excluding carboxylic acids is 1. The van der Waals surface area contributed by atoms with Crippen molar-refractivity contribution in [3.63, 3.8) is 0 Å². The molecule has 0 spiro atoms. The van der Waals surface area contributed by atoms with Crippen LogP contribution in [0, 0.1) is 24.5 Å². The number of hydrazone groups is 1. The number of hydrogen-bond acceptors (Lipinski definition) is 4. The zero-order valence-corrected chi connectivity index (χ0v) is 19.8. The summed E-state index contributed by atoms with van der Waals surface area (Å²) < 4.78 is 33.7. The van der Waals surface area contributed by atoms with Crippen LogP contribution >= 0.6 is 0 Å². The van der Waals surface area contributed by atoms with E-state index in [0.29, 0.717) is 26.0 Å². The van der Waals surface area contributed by atoms with Crippen molar-refractivity contribution < 1.29 is 18.3 Å². The first-order valence-electron chi connectivity index (χ1n) is 11.5. The monoisotopic (exact) mass is 457 g/mol. The molecule has 178 valence electrons. The summed E-state index contributed by atoms with van der Waals surface area (Å²) in [4.78, 5) is 13.6. The Morgan fingerprint density at radius 3 is 2.55 bits per heavy atom. The SMILES string of the molecule is CCCCC1C(c2ccc(C)cc2)=NN(c2ccc(F)cc2F)C1(C)C(=O)NCCCOC. The van der Waals surface area contributed by atoms with Gasteiger partial charge in [-0.2, -0.15) is 5.10 Å². The van der Waals surface area contributed by atoms with Crippen LogP contribution in [0.4, 0.5) is 14.5 Å². The minimum atomic E-state index is -1.18. The van der Waals surface area contributed by atoms with Gasteiger partial charge in [0.1, 0.15) is 11.4 Å². The van der Waals surface area contributed by atoms with Crippen molar-refractivity contribution >= 4 is 17.3 Å². The van der Waals surface area contributed by atoms with E-state index in [4.69, 9.17) is 9.84 Å². The molecule has 1 aliphatic rings. The average molecular weight is 458 g/mol. The average Bonchev–Trinajstić information content (AvgIpc) is 3.09. The molecule has 0 aliphatic carbocycles. The van der Waals surface area contributed by atoms with Crippen molar-refractivity contribution in [2.45, 2.75) is 52.0 Å². The molecule has 1 heterocycles. The zero-order valence-electron chi connectivity index (χ0n) is 19.8. The van der Waals surface area contributed by atoms with E-state index in [1.54, 1.807) is 14.0 Å². The highest BCUT2D eigenvalue weighted by Gasteiger charge is 2.53. The molecule has 1 amide bonds. The fourth-order valence-electron chi connectivity index (χ4n) is 4.31. The first kappa shape index (κ1) is 24.8. The molecular formula is C26H33F2N3O2. The Hall–Kier alpha value is -2.80. The van der Waals surface area contributed by atoms with Crippen molar-refractivity contribution in [3.8, 4) is 0 Å². The number of rotatable bonds is 10. The Labute approximate surface area is 194 Å². The third-order valence-electron chi connectivity index (χ3n) is 6.26.